The minimum atomic E-state index is 0.280. The van der Waals surface area contributed by atoms with Crippen molar-refractivity contribution >= 4 is 0 Å². The zero-order valence-corrected chi connectivity index (χ0v) is 12.9. The summed E-state index contributed by atoms with van der Waals surface area (Å²) in [6, 6.07) is 0.449. The maximum atomic E-state index is 9.31. The molecule has 4 heteroatoms. The van der Waals surface area contributed by atoms with Crippen LogP contribution in [0.4, 0.5) is 0 Å². The highest BCUT2D eigenvalue weighted by Gasteiger charge is 2.23. The Balaban J connectivity index is 1.93. The molecule has 1 atom stereocenters. The van der Waals surface area contributed by atoms with Crippen molar-refractivity contribution in [3.05, 3.63) is 17.5 Å². The molecule has 0 bridgehead atoms. The van der Waals surface area contributed by atoms with Crippen LogP contribution in [0.25, 0.3) is 0 Å². The van der Waals surface area contributed by atoms with Gasteiger partial charge in [-0.15, -0.1) is 0 Å². The van der Waals surface area contributed by atoms with Gasteiger partial charge in [-0.3, -0.25) is 4.68 Å². The van der Waals surface area contributed by atoms with Gasteiger partial charge in [0.15, 0.2) is 0 Å². The molecule has 20 heavy (non-hydrogen) atoms. The van der Waals surface area contributed by atoms with E-state index in [1.807, 2.05) is 11.7 Å². The molecule has 4 nitrogen and oxygen atoms in total. The van der Waals surface area contributed by atoms with Gasteiger partial charge in [-0.1, -0.05) is 26.2 Å². The maximum Gasteiger partial charge on any atom is 0.0666 e. The Kier molecular flexibility index (Phi) is 6.05. The second kappa shape index (κ2) is 7.79. The summed E-state index contributed by atoms with van der Waals surface area (Å²) in [4.78, 5) is 0. The van der Waals surface area contributed by atoms with Crippen molar-refractivity contribution in [1.29, 1.82) is 0 Å². The molecule has 1 saturated carbocycles. The Morgan fingerprint density at radius 3 is 2.80 bits per heavy atom. The molecule has 1 aromatic rings. The number of hydrogen-bond acceptors (Lipinski definition) is 3. The molecule has 0 radical (unpaired) electrons. The van der Waals surface area contributed by atoms with Gasteiger partial charge < -0.3 is 10.4 Å². The molecule has 114 valence electrons. The van der Waals surface area contributed by atoms with Gasteiger partial charge in [0.1, 0.15) is 0 Å². The van der Waals surface area contributed by atoms with E-state index in [-0.39, 0.29) is 6.61 Å². The second-order valence-corrected chi connectivity index (χ2v) is 6.03. The van der Waals surface area contributed by atoms with Gasteiger partial charge in [-0.25, -0.2) is 0 Å². The van der Waals surface area contributed by atoms with E-state index in [1.54, 1.807) is 0 Å². The average molecular weight is 279 g/mol. The van der Waals surface area contributed by atoms with Gasteiger partial charge in [0.05, 0.1) is 5.69 Å². The summed E-state index contributed by atoms with van der Waals surface area (Å²) in [5, 5.41) is 17.5. The first-order valence-electron chi connectivity index (χ1n) is 8.10. The van der Waals surface area contributed by atoms with Crippen molar-refractivity contribution in [2.45, 2.75) is 64.5 Å². The van der Waals surface area contributed by atoms with E-state index in [1.165, 1.54) is 43.4 Å². The fourth-order valence-corrected chi connectivity index (χ4v) is 3.45. The Labute approximate surface area is 122 Å². The normalized spacial score (nSPS) is 18.4. The van der Waals surface area contributed by atoms with Crippen molar-refractivity contribution < 1.29 is 5.11 Å². The first-order valence-corrected chi connectivity index (χ1v) is 8.10. The summed E-state index contributed by atoms with van der Waals surface area (Å²) >= 11 is 0. The Hall–Kier alpha value is -0.870. The van der Waals surface area contributed by atoms with Gasteiger partial charge in [-0.05, 0) is 31.6 Å². The van der Waals surface area contributed by atoms with Gasteiger partial charge >= 0.3 is 0 Å². The topological polar surface area (TPSA) is 50.1 Å². The third kappa shape index (κ3) is 4.06. The van der Waals surface area contributed by atoms with Crippen molar-refractivity contribution in [2.75, 3.05) is 6.61 Å². The summed E-state index contributed by atoms with van der Waals surface area (Å²) in [7, 11) is 1.98. The van der Waals surface area contributed by atoms with Crippen molar-refractivity contribution in [3.8, 4) is 0 Å². The lowest BCUT2D eigenvalue weighted by Crippen LogP contribution is -2.37. The Morgan fingerprint density at radius 2 is 2.15 bits per heavy atom. The fourth-order valence-electron chi connectivity index (χ4n) is 3.45. The van der Waals surface area contributed by atoms with Crippen molar-refractivity contribution in [1.82, 2.24) is 15.1 Å². The molecule has 1 heterocycles. The van der Waals surface area contributed by atoms with Crippen LogP contribution in [0.2, 0.25) is 0 Å². The minimum absolute atomic E-state index is 0.280. The second-order valence-electron chi connectivity index (χ2n) is 6.03. The summed E-state index contributed by atoms with van der Waals surface area (Å²) in [6.45, 7) is 3.30. The SMILES string of the molecule is CCc1nn(C)cc1CNC(CCO)C1CCCCC1. The number of aliphatic hydroxyl groups excluding tert-OH is 1. The van der Waals surface area contributed by atoms with Crippen LogP contribution in [0, 0.1) is 5.92 Å². The number of aliphatic hydroxyl groups is 1. The summed E-state index contributed by atoms with van der Waals surface area (Å²) in [5.41, 5.74) is 2.49. The van der Waals surface area contributed by atoms with Gasteiger partial charge in [0.25, 0.3) is 0 Å². The molecular formula is C16H29N3O. The van der Waals surface area contributed by atoms with Crippen molar-refractivity contribution in [3.63, 3.8) is 0 Å². The molecule has 1 unspecified atom stereocenters. The number of nitrogens with one attached hydrogen (secondary N) is 1. The largest absolute Gasteiger partial charge is 0.396 e. The van der Waals surface area contributed by atoms with Crippen LogP contribution >= 0.6 is 0 Å². The standard InChI is InChI=1S/C16H29N3O/c1-3-15-14(12-19(2)18-15)11-17-16(9-10-20)13-7-5-4-6-8-13/h12-13,16-17,20H,3-11H2,1-2H3. The lowest BCUT2D eigenvalue weighted by atomic mass is 9.82. The summed E-state index contributed by atoms with van der Waals surface area (Å²) < 4.78 is 1.90. The van der Waals surface area contributed by atoms with Crippen LogP contribution in [0.1, 0.15) is 56.7 Å². The molecule has 1 aliphatic carbocycles. The number of aromatic nitrogens is 2. The molecule has 0 spiro atoms. The van der Waals surface area contributed by atoms with Crippen LogP contribution in [-0.4, -0.2) is 27.5 Å². The fraction of sp³-hybridized carbons (Fsp3) is 0.812. The first kappa shape index (κ1) is 15.5. The Morgan fingerprint density at radius 1 is 1.40 bits per heavy atom. The van der Waals surface area contributed by atoms with Crippen molar-refractivity contribution in [2.24, 2.45) is 13.0 Å². The molecule has 2 N–H and O–H groups in total. The van der Waals surface area contributed by atoms with E-state index in [0.29, 0.717) is 6.04 Å². The third-order valence-electron chi connectivity index (χ3n) is 4.54. The smallest absolute Gasteiger partial charge is 0.0666 e. The molecule has 1 aliphatic rings. The summed E-state index contributed by atoms with van der Waals surface area (Å²) in [5.74, 6) is 0.734. The number of rotatable bonds is 7. The number of hydrogen-bond donors (Lipinski definition) is 2. The highest BCUT2D eigenvalue weighted by molar-refractivity contribution is 5.16. The van der Waals surface area contributed by atoms with Crippen LogP contribution in [0.3, 0.4) is 0 Å². The van der Waals surface area contributed by atoms with Crippen LogP contribution < -0.4 is 5.32 Å². The molecule has 1 fully saturated rings. The zero-order valence-electron chi connectivity index (χ0n) is 12.9. The van der Waals surface area contributed by atoms with Gasteiger partial charge in [0.2, 0.25) is 0 Å². The highest BCUT2D eigenvalue weighted by atomic mass is 16.3. The highest BCUT2D eigenvalue weighted by Crippen LogP contribution is 2.28. The molecule has 0 aliphatic heterocycles. The molecule has 0 aromatic carbocycles. The van der Waals surface area contributed by atoms with Gasteiger partial charge in [-0.2, -0.15) is 5.10 Å². The molecule has 0 saturated heterocycles. The van der Waals surface area contributed by atoms with E-state index >= 15 is 0 Å². The van der Waals surface area contributed by atoms with E-state index in [0.717, 1.165) is 25.3 Å². The third-order valence-corrected chi connectivity index (χ3v) is 4.54. The van der Waals surface area contributed by atoms with E-state index < -0.39 is 0 Å². The maximum absolute atomic E-state index is 9.31. The predicted octanol–water partition coefficient (Wildman–Crippen LogP) is 2.40. The van der Waals surface area contributed by atoms with E-state index in [4.69, 9.17) is 0 Å². The number of aryl methyl sites for hydroxylation is 2. The van der Waals surface area contributed by atoms with Crippen LogP contribution in [-0.2, 0) is 20.0 Å². The average Bonchev–Trinajstić information content (AvgIpc) is 2.84. The molecule has 0 amide bonds. The quantitative estimate of drug-likeness (QED) is 0.806. The lowest BCUT2D eigenvalue weighted by molar-refractivity contribution is 0.205. The molecule has 2 rings (SSSR count). The monoisotopic (exact) mass is 279 g/mol. The van der Waals surface area contributed by atoms with E-state index in [9.17, 15) is 5.11 Å². The lowest BCUT2D eigenvalue weighted by Gasteiger charge is -2.30. The van der Waals surface area contributed by atoms with Gasteiger partial charge in [0, 0.05) is 38.0 Å². The Bertz CT molecular complexity index is 396. The minimum Gasteiger partial charge on any atom is -0.396 e. The van der Waals surface area contributed by atoms with Crippen LogP contribution in [0.5, 0.6) is 0 Å². The van der Waals surface area contributed by atoms with E-state index in [2.05, 4.69) is 23.5 Å². The number of nitrogens with zero attached hydrogens (tertiary/aromatic N) is 2. The molecule has 1 aromatic heterocycles. The van der Waals surface area contributed by atoms with Crippen LogP contribution in [0.15, 0.2) is 6.20 Å². The zero-order chi connectivity index (χ0) is 14.4. The summed E-state index contributed by atoms with van der Waals surface area (Å²) in [6.07, 6.45) is 10.7. The molecular weight excluding hydrogens is 250 g/mol. The first-order chi connectivity index (χ1) is 9.74. The predicted molar refractivity (Wildman–Crippen MR) is 81.5 cm³/mol.